The minimum atomic E-state index is -0.0438. The third-order valence-corrected chi connectivity index (χ3v) is 4.25. The van der Waals surface area contributed by atoms with E-state index in [1.165, 1.54) is 17.8 Å². The minimum Gasteiger partial charge on any atom is -0.295 e. The predicted octanol–water partition coefficient (Wildman–Crippen LogP) is 0.956. The monoisotopic (exact) mass is 202 g/mol. The number of carbonyl (C=O) groups excluding carboxylic acids is 2. The molecule has 0 bridgehead atoms. The van der Waals surface area contributed by atoms with Gasteiger partial charge in [0.15, 0.2) is 10.9 Å². The molecule has 68 valence electrons. The van der Waals surface area contributed by atoms with Crippen LogP contribution in [0.4, 0.5) is 0 Å². The quantitative estimate of drug-likeness (QED) is 0.475. The van der Waals surface area contributed by atoms with Crippen LogP contribution >= 0.6 is 11.8 Å². The van der Waals surface area contributed by atoms with Crippen LogP contribution in [0.25, 0.3) is 0 Å². The fraction of sp³-hybridized carbons (Fsp3) is 0.500. The van der Waals surface area contributed by atoms with Crippen molar-refractivity contribution in [2.45, 2.75) is 19.4 Å². The summed E-state index contributed by atoms with van der Waals surface area (Å²) in [5, 5.41) is 1.13. The lowest BCUT2D eigenvalue weighted by molar-refractivity contribution is -0.117. The van der Waals surface area contributed by atoms with Crippen molar-refractivity contribution in [1.29, 1.82) is 0 Å². The lowest BCUT2D eigenvalue weighted by Gasteiger charge is -1.95. The second kappa shape index (κ2) is 7.30. The third-order valence-electron chi connectivity index (χ3n) is 1.27. The maximum atomic E-state index is 11.0. The van der Waals surface area contributed by atoms with E-state index < -0.39 is 0 Å². The SMILES string of the molecule is C=CC(=O)CCC(=O)SC[SiH2]C. The first kappa shape index (κ1) is 11.6. The molecule has 0 radical (unpaired) electrons. The van der Waals surface area contributed by atoms with Crippen LogP contribution in [0.5, 0.6) is 0 Å². The molecular weight excluding hydrogens is 188 g/mol. The van der Waals surface area contributed by atoms with Gasteiger partial charge in [-0.15, -0.1) is 0 Å². The molecule has 0 heterocycles. The van der Waals surface area contributed by atoms with Gasteiger partial charge in [-0.1, -0.05) is 24.9 Å². The van der Waals surface area contributed by atoms with Gasteiger partial charge in [0.05, 0.1) is 0 Å². The number of carbonyl (C=O) groups is 2. The molecule has 0 aliphatic rings. The van der Waals surface area contributed by atoms with E-state index in [1.54, 1.807) is 0 Å². The maximum absolute atomic E-state index is 11.0. The summed E-state index contributed by atoms with van der Waals surface area (Å²) in [6.07, 6.45) is 1.96. The van der Waals surface area contributed by atoms with Crippen molar-refractivity contribution in [1.82, 2.24) is 0 Å². The highest BCUT2D eigenvalue weighted by molar-refractivity contribution is 8.14. The van der Waals surface area contributed by atoms with E-state index in [4.69, 9.17) is 0 Å². The summed E-state index contributed by atoms with van der Waals surface area (Å²) in [5.41, 5.74) is 0. The Morgan fingerprint density at radius 1 is 1.50 bits per heavy atom. The second-order valence-electron chi connectivity index (χ2n) is 2.39. The smallest absolute Gasteiger partial charge is 0.189 e. The van der Waals surface area contributed by atoms with Crippen LogP contribution in [0, 0.1) is 0 Å². The number of rotatable bonds is 6. The van der Waals surface area contributed by atoms with Gasteiger partial charge in [-0.2, -0.15) is 0 Å². The Morgan fingerprint density at radius 3 is 2.67 bits per heavy atom. The molecule has 0 aromatic carbocycles. The Hall–Kier alpha value is -0.353. The van der Waals surface area contributed by atoms with Gasteiger partial charge in [-0.3, -0.25) is 9.59 Å². The molecule has 0 unspecified atom stereocenters. The first-order valence-electron chi connectivity index (χ1n) is 4.01. The van der Waals surface area contributed by atoms with E-state index >= 15 is 0 Å². The summed E-state index contributed by atoms with van der Waals surface area (Å²) in [6, 6.07) is 0. The first-order chi connectivity index (χ1) is 5.70. The van der Waals surface area contributed by atoms with Crippen molar-refractivity contribution in [2.75, 3.05) is 5.38 Å². The fourth-order valence-electron chi connectivity index (χ4n) is 0.615. The Kier molecular flexibility index (Phi) is 7.09. The number of hydrogen-bond donors (Lipinski definition) is 0. The largest absolute Gasteiger partial charge is 0.295 e. The number of ketones is 1. The highest BCUT2D eigenvalue weighted by atomic mass is 32.2. The average molecular weight is 202 g/mol. The van der Waals surface area contributed by atoms with Crippen LogP contribution in [0.1, 0.15) is 12.8 Å². The van der Waals surface area contributed by atoms with Crippen LogP contribution in [-0.2, 0) is 9.59 Å². The van der Waals surface area contributed by atoms with Crippen molar-refractivity contribution in [3.63, 3.8) is 0 Å². The molecule has 0 aliphatic carbocycles. The Balaban J connectivity index is 3.43. The highest BCUT2D eigenvalue weighted by Gasteiger charge is 2.03. The van der Waals surface area contributed by atoms with Crippen molar-refractivity contribution in [3.05, 3.63) is 12.7 Å². The lowest BCUT2D eigenvalue weighted by Crippen LogP contribution is -2.00. The number of allylic oxidation sites excluding steroid dienone is 1. The predicted molar refractivity (Wildman–Crippen MR) is 56.3 cm³/mol. The van der Waals surface area contributed by atoms with Gasteiger partial charge in [-0.25, -0.2) is 0 Å². The van der Waals surface area contributed by atoms with Crippen LogP contribution in [0.2, 0.25) is 6.55 Å². The molecule has 2 nitrogen and oxygen atoms in total. The average Bonchev–Trinajstić information content (AvgIpc) is 2.10. The molecule has 0 rings (SSSR count). The summed E-state index contributed by atoms with van der Waals surface area (Å²) in [7, 11) is -0.0333. The van der Waals surface area contributed by atoms with E-state index in [-0.39, 0.29) is 20.4 Å². The molecule has 0 N–H and O–H groups in total. The van der Waals surface area contributed by atoms with Crippen molar-refractivity contribution >= 4 is 32.2 Å². The molecule has 0 saturated heterocycles. The molecule has 0 spiro atoms. The molecule has 4 heteroatoms. The zero-order chi connectivity index (χ0) is 9.40. The summed E-state index contributed by atoms with van der Waals surface area (Å²) in [5.74, 6) is -0.0438. The lowest BCUT2D eigenvalue weighted by atomic mass is 10.2. The standard InChI is InChI=1S/C8H14O2SSi/c1-3-7(9)4-5-8(10)11-6-12-2/h3H,1,4-6,12H2,2H3. The van der Waals surface area contributed by atoms with E-state index in [9.17, 15) is 9.59 Å². The maximum Gasteiger partial charge on any atom is 0.189 e. The van der Waals surface area contributed by atoms with E-state index in [0.717, 1.165) is 5.38 Å². The number of thioether (sulfide) groups is 1. The molecular formula is C8H14O2SSi. The molecule has 0 aromatic rings. The highest BCUT2D eigenvalue weighted by Crippen LogP contribution is 2.06. The van der Waals surface area contributed by atoms with Gasteiger partial charge in [0, 0.05) is 22.4 Å². The molecule has 0 fully saturated rings. The van der Waals surface area contributed by atoms with Gasteiger partial charge in [-0.05, 0) is 11.5 Å². The zero-order valence-electron chi connectivity index (χ0n) is 7.34. The van der Waals surface area contributed by atoms with Gasteiger partial charge < -0.3 is 0 Å². The molecule has 0 saturated carbocycles. The third kappa shape index (κ3) is 6.36. The van der Waals surface area contributed by atoms with E-state index in [0.29, 0.717) is 12.8 Å². The number of hydrogen-bond acceptors (Lipinski definition) is 3. The summed E-state index contributed by atoms with van der Waals surface area (Å²) in [6.45, 7) is 5.50. The molecule has 0 amide bonds. The minimum absolute atomic E-state index is 0.0333. The Bertz CT molecular complexity index is 180. The first-order valence-corrected chi connectivity index (χ1v) is 7.41. The van der Waals surface area contributed by atoms with E-state index in [1.807, 2.05) is 0 Å². The topological polar surface area (TPSA) is 34.1 Å². The van der Waals surface area contributed by atoms with Gasteiger partial charge >= 0.3 is 0 Å². The second-order valence-corrected chi connectivity index (χ2v) is 5.77. The normalized spacial score (nSPS) is 10.4. The Labute approximate surface area is 79.6 Å². The molecule has 12 heavy (non-hydrogen) atoms. The van der Waals surface area contributed by atoms with Gasteiger partial charge in [0.1, 0.15) is 0 Å². The summed E-state index contributed by atoms with van der Waals surface area (Å²) < 4.78 is 0. The zero-order valence-corrected chi connectivity index (χ0v) is 9.57. The van der Waals surface area contributed by atoms with Gasteiger partial charge in [0.25, 0.3) is 0 Å². The summed E-state index contributed by atoms with van der Waals surface area (Å²) in [4.78, 5) is 21.7. The summed E-state index contributed by atoms with van der Waals surface area (Å²) >= 11 is 1.37. The Morgan fingerprint density at radius 2 is 2.17 bits per heavy atom. The van der Waals surface area contributed by atoms with Crippen LogP contribution in [0.3, 0.4) is 0 Å². The van der Waals surface area contributed by atoms with Crippen LogP contribution in [0.15, 0.2) is 12.7 Å². The van der Waals surface area contributed by atoms with Crippen molar-refractivity contribution < 1.29 is 9.59 Å². The fourth-order valence-corrected chi connectivity index (χ4v) is 2.59. The van der Waals surface area contributed by atoms with Crippen molar-refractivity contribution in [2.24, 2.45) is 0 Å². The van der Waals surface area contributed by atoms with Crippen LogP contribution < -0.4 is 0 Å². The van der Waals surface area contributed by atoms with Crippen molar-refractivity contribution in [3.8, 4) is 0 Å². The molecule has 0 aromatic heterocycles. The van der Waals surface area contributed by atoms with Gasteiger partial charge in [0.2, 0.25) is 0 Å². The van der Waals surface area contributed by atoms with Crippen LogP contribution in [-0.4, -0.2) is 25.8 Å². The molecule has 0 aliphatic heterocycles. The van der Waals surface area contributed by atoms with E-state index in [2.05, 4.69) is 13.1 Å². The molecule has 0 atom stereocenters.